The van der Waals surface area contributed by atoms with E-state index in [-0.39, 0.29) is 5.57 Å². The van der Waals surface area contributed by atoms with Gasteiger partial charge in [0.2, 0.25) is 0 Å². The summed E-state index contributed by atoms with van der Waals surface area (Å²) in [6.45, 7) is 10.2. The second kappa shape index (κ2) is 7.77. The molecule has 0 saturated carbocycles. The fourth-order valence-electron chi connectivity index (χ4n) is 1.74. The van der Waals surface area contributed by atoms with Crippen molar-refractivity contribution in [3.63, 3.8) is 0 Å². The second-order valence-corrected chi connectivity index (χ2v) is 6.06. The maximum Gasteiger partial charge on any atom is 0.278 e. The molecule has 0 aliphatic rings. The predicted molar refractivity (Wildman–Crippen MR) is 87.0 cm³/mol. The lowest BCUT2D eigenvalue weighted by molar-refractivity contribution is -0.127. The van der Waals surface area contributed by atoms with Gasteiger partial charge in [0, 0.05) is 6.54 Å². The number of rotatable bonds is 6. The van der Waals surface area contributed by atoms with Crippen molar-refractivity contribution in [3.05, 3.63) is 40.1 Å². The lowest BCUT2D eigenvalue weighted by atomic mass is 9.98. The van der Waals surface area contributed by atoms with Gasteiger partial charge in [-0.25, -0.2) is 5.84 Å². The highest BCUT2D eigenvalue weighted by Gasteiger charge is 2.19. The van der Waals surface area contributed by atoms with Gasteiger partial charge in [-0.2, -0.15) is 16.6 Å². The summed E-state index contributed by atoms with van der Waals surface area (Å²) in [6, 6.07) is 3.88. The smallest absolute Gasteiger partial charge is 0.276 e. The molecule has 1 aromatic heterocycles. The molecule has 1 aromatic rings. The summed E-state index contributed by atoms with van der Waals surface area (Å²) in [7, 11) is 0. The maximum atomic E-state index is 12.3. The molecule has 0 spiro atoms. The molecule has 21 heavy (non-hydrogen) atoms. The monoisotopic (exact) mass is 303 g/mol. The van der Waals surface area contributed by atoms with E-state index < -0.39 is 5.91 Å². The Morgan fingerprint density at radius 3 is 2.71 bits per heavy atom. The molecule has 0 radical (unpaired) electrons. The minimum absolute atomic E-state index is 0.0532. The average Bonchev–Trinajstić information content (AvgIpc) is 2.98. The Kier molecular flexibility index (Phi) is 6.35. The molecule has 1 heterocycles. The van der Waals surface area contributed by atoms with Gasteiger partial charge in [-0.1, -0.05) is 20.4 Å². The number of nitrogens with zero attached hydrogens (tertiary/aromatic N) is 2. The molecule has 0 aromatic carbocycles. The Morgan fingerprint density at radius 1 is 1.57 bits per heavy atom. The third-order valence-electron chi connectivity index (χ3n) is 3.23. The SMILES string of the molecule is C=C(/C(C)=C(/C#N)C(=O)N(N)CCC(C)C)c1ccsc1. The van der Waals surface area contributed by atoms with E-state index >= 15 is 0 Å². The molecule has 0 aliphatic heterocycles. The van der Waals surface area contributed by atoms with E-state index in [2.05, 4.69) is 20.4 Å². The van der Waals surface area contributed by atoms with Crippen LogP contribution in [0.15, 0.2) is 34.6 Å². The molecule has 0 aliphatic carbocycles. The van der Waals surface area contributed by atoms with Gasteiger partial charge in [0.05, 0.1) is 0 Å². The number of nitrogens with two attached hydrogens (primary N) is 1. The van der Waals surface area contributed by atoms with E-state index in [0.29, 0.717) is 23.6 Å². The van der Waals surface area contributed by atoms with E-state index in [1.807, 2.05) is 22.9 Å². The fourth-order valence-corrected chi connectivity index (χ4v) is 2.41. The number of carbonyl (C=O) groups excluding carboxylic acids is 1. The van der Waals surface area contributed by atoms with Crippen molar-refractivity contribution < 1.29 is 4.79 Å². The fraction of sp³-hybridized carbons (Fsp3) is 0.375. The Balaban J connectivity index is 2.95. The van der Waals surface area contributed by atoms with Gasteiger partial charge in [-0.3, -0.25) is 9.80 Å². The molecule has 2 N–H and O–H groups in total. The van der Waals surface area contributed by atoms with Gasteiger partial charge < -0.3 is 0 Å². The molecule has 1 rings (SSSR count). The first-order chi connectivity index (χ1) is 9.88. The molecule has 0 saturated heterocycles. The van der Waals surface area contributed by atoms with Crippen LogP contribution in [0.3, 0.4) is 0 Å². The standard InChI is InChI=1S/C16H21N3OS/c1-11(2)5-7-19(18)16(20)15(9-17)13(4)12(3)14-6-8-21-10-14/h6,8,10-11H,3,5,7,18H2,1-2,4H3/b15-13-. The summed E-state index contributed by atoms with van der Waals surface area (Å²) in [5.41, 5.74) is 2.22. The van der Waals surface area contributed by atoms with E-state index in [4.69, 9.17) is 5.84 Å². The normalized spacial score (nSPS) is 11.8. The van der Waals surface area contributed by atoms with Crippen LogP contribution >= 0.6 is 11.3 Å². The number of hydrogen-bond donors (Lipinski definition) is 1. The number of carbonyl (C=O) groups is 1. The van der Waals surface area contributed by atoms with E-state index in [9.17, 15) is 10.1 Å². The van der Waals surface area contributed by atoms with Crippen LogP contribution in [-0.2, 0) is 4.79 Å². The van der Waals surface area contributed by atoms with Crippen molar-refractivity contribution in [1.29, 1.82) is 5.26 Å². The average molecular weight is 303 g/mol. The first-order valence-corrected chi connectivity index (χ1v) is 7.72. The lowest BCUT2D eigenvalue weighted by Crippen LogP contribution is -2.39. The molecule has 0 atom stereocenters. The first-order valence-electron chi connectivity index (χ1n) is 6.77. The van der Waals surface area contributed by atoms with Crippen LogP contribution in [0, 0.1) is 17.2 Å². The van der Waals surface area contributed by atoms with Crippen LogP contribution in [0.2, 0.25) is 0 Å². The highest BCUT2D eigenvalue weighted by atomic mass is 32.1. The topological polar surface area (TPSA) is 70.1 Å². The minimum atomic E-state index is -0.452. The third kappa shape index (κ3) is 4.55. The van der Waals surface area contributed by atoms with Crippen LogP contribution in [0.5, 0.6) is 0 Å². The van der Waals surface area contributed by atoms with Crippen molar-refractivity contribution in [2.75, 3.05) is 6.54 Å². The molecule has 0 bridgehead atoms. The van der Waals surface area contributed by atoms with Crippen molar-refractivity contribution in [3.8, 4) is 6.07 Å². The Hall–Kier alpha value is -1.90. The molecular formula is C16H21N3OS. The van der Waals surface area contributed by atoms with Gasteiger partial charge in [-0.05, 0) is 52.8 Å². The molecule has 0 unspecified atom stereocenters. The minimum Gasteiger partial charge on any atom is -0.276 e. The summed E-state index contributed by atoms with van der Waals surface area (Å²) in [4.78, 5) is 12.3. The van der Waals surface area contributed by atoms with E-state index in [1.54, 1.807) is 18.3 Å². The number of amides is 1. The summed E-state index contributed by atoms with van der Waals surface area (Å²) in [6.07, 6.45) is 0.797. The van der Waals surface area contributed by atoms with Crippen LogP contribution in [0.4, 0.5) is 0 Å². The van der Waals surface area contributed by atoms with Gasteiger partial charge in [-0.15, -0.1) is 0 Å². The van der Waals surface area contributed by atoms with Gasteiger partial charge in [0.25, 0.3) is 5.91 Å². The zero-order valence-electron chi connectivity index (χ0n) is 12.7. The van der Waals surface area contributed by atoms with Crippen molar-refractivity contribution in [1.82, 2.24) is 5.01 Å². The van der Waals surface area contributed by atoms with Gasteiger partial charge >= 0.3 is 0 Å². The number of hydrazine groups is 1. The summed E-state index contributed by atoms with van der Waals surface area (Å²) >= 11 is 1.54. The summed E-state index contributed by atoms with van der Waals surface area (Å²) in [5, 5.41) is 14.3. The van der Waals surface area contributed by atoms with E-state index in [0.717, 1.165) is 17.0 Å². The van der Waals surface area contributed by atoms with E-state index in [1.165, 1.54) is 0 Å². The van der Waals surface area contributed by atoms with Crippen LogP contribution < -0.4 is 5.84 Å². The first kappa shape index (κ1) is 17.2. The predicted octanol–water partition coefficient (Wildman–Crippen LogP) is 3.35. The quantitative estimate of drug-likeness (QED) is 0.219. The van der Waals surface area contributed by atoms with Crippen molar-refractivity contribution in [2.45, 2.75) is 27.2 Å². The maximum absolute atomic E-state index is 12.3. The molecule has 0 fully saturated rings. The second-order valence-electron chi connectivity index (χ2n) is 5.28. The number of nitriles is 1. The third-order valence-corrected chi connectivity index (χ3v) is 3.91. The Labute approximate surface area is 130 Å². The van der Waals surface area contributed by atoms with Gasteiger partial charge in [0.1, 0.15) is 11.6 Å². The van der Waals surface area contributed by atoms with Crippen LogP contribution in [0.25, 0.3) is 5.57 Å². The van der Waals surface area contributed by atoms with Crippen molar-refractivity contribution >= 4 is 22.8 Å². The largest absolute Gasteiger partial charge is 0.278 e. The molecule has 1 amide bonds. The number of thiophene rings is 1. The zero-order chi connectivity index (χ0) is 16.0. The molecule has 112 valence electrons. The number of allylic oxidation sites excluding steroid dienone is 2. The highest BCUT2D eigenvalue weighted by molar-refractivity contribution is 7.08. The van der Waals surface area contributed by atoms with Gasteiger partial charge in [0.15, 0.2) is 0 Å². The van der Waals surface area contributed by atoms with Crippen LogP contribution in [0.1, 0.15) is 32.8 Å². The van der Waals surface area contributed by atoms with Crippen LogP contribution in [-0.4, -0.2) is 17.5 Å². The summed E-state index contributed by atoms with van der Waals surface area (Å²) < 4.78 is 0. The summed E-state index contributed by atoms with van der Waals surface area (Å²) in [5.74, 6) is 5.76. The van der Waals surface area contributed by atoms with Crippen molar-refractivity contribution in [2.24, 2.45) is 11.8 Å². The Bertz CT molecular complexity index is 579. The molecular weight excluding hydrogens is 282 g/mol. The highest BCUT2D eigenvalue weighted by Crippen LogP contribution is 2.25. The number of hydrogen-bond acceptors (Lipinski definition) is 4. The zero-order valence-corrected chi connectivity index (χ0v) is 13.5. The molecule has 4 nitrogen and oxygen atoms in total. The molecule has 5 heteroatoms. The lowest BCUT2D eigenvalue weighted by Gasteiger charge is -2.18. The Morgan fingerprint density at radius 2 is 2.24 bits per heavy atom.